The number of amides is 2. The standard InChI is InChI=1S/C12H14F2N2O2S/c1-7(17)15-10-6-11(9(14)5-8(10)13)16-12(18)3-4-19-2/h5-6H,3-4H2,1-2H3,(H,15,17)(H,16,18). The van der Waals surface area contributed by atoms with Gasteiger partial charge in [-0.25, -0.2) is 8.78 Å². The van der Waals surface area contributed by atoms with E-state index in [1.807, 2.05) is 6.26 Å². The van der Waals surface area contributed by atoms with Gasteiger partial charge < -0.3 is 10.6 Å². The normalized spacial score (nSPS) is 10.1. The van der Waals surface area contributed by atoms with E-state index in [-0.39, 0.29) is 23.7 Å². The van der Waals surface area contributed by atoms with Crippen LogP contribution in [0.15, 0.2) is 12.1 Å². The molecule has 0 atom stereocenters. The molecular weight excluding hydrogens is 274 g/mol. The molecule has 2 amide bonds. The molecule has 2 N–H and O–H groups in total. The van der Waals surface area contributed by atoms with Crippen molar-refractivity contribution in [2.24, 2.45) is 0 Å². The quantitative estimate of drug-likeness (QED) is 0.875. The van der Waals surface area contributed by atoms with Crippen LogP contribution in [0.2, 0.25) is 0 Å². The number of nitrogens with one attached hydrogen (secondary N) is 2. The van der Waals surface area contributed by atoms with E-state index in [0.29, 0.717) is 11.8 Å². The molecule has 0 unspecified atom stereocenters. The van der Waals surface area contributed by atoms with Crippen LogP contribution in [0, 0.1) is 11.6 Å². The lowest BCUT2D eigenvalue weighted by molar-refractivity contribution is -0.116. The number of carbonyl (C=O) groups is 2. The largest absolute Gasteiger partial charge is 0.324 e. The topological polar surface area (TPSA) is 58.2 Å². The Labute approximate surface area is 113 Å². The van der Waals surface area contributed by atoms with E-state index in [0.717, 1.165) is 6.07 Å². The number of thioether (sulfide) groups is 1. The number of hydrogen-bond acceptors (Lipinski definition) is 3. The maximum atomic E-state index is 13.5. The van der Waals surface area contributed by atoms with Crippen molar-refractivity contribution < 1.29 is 18.4 Å². The van der Waals surface area contributed by atoms with Crippen molar-refractivity contribution in [3.63, 3.8) is 0 Å². The highest BCUT2D eigenvalue weighted by Crippen LogP contribution is 2.23. The third-order valence-corrected chi connectivity index (χ3v) is 2.79. The highest BCUT2D eigenvalue weighted by molar-refractivity contribution is 7.98. The van der Waals surface area contributed by atoms with Gasteiger partial charge in [0.1, 0.15) is 11.6 Å². The third kappa shape index (κ3) is 4.86. The van der Waals surface area contributed by atoms with Gasteiger partial charge in [-0.2, -0.15) is 11.8 Å². The van der Waals surface area contributed by atoms with Crippen LogP contribution in [0.4, 0.5) is 20.2 Å². The van der Waals surface area contributed by atoms with Gasteiger partial charge in [0.2, 0.25) is 11.8 Å². The predicted molar refractivity (Wildman–Crippen MR) is 72.3 cm³/mol. The molecule has 0 saturated carbocycles. The second-order valence-corrected chi connectivity index (χ2v) is 4.77. The highest BCUT2D eigenvalue weighted by atomic mass is 32.2. The molecule has 104 valence electrons. The summed E-state index contributed by atoms with van der Waals surface area (Å²) < 4.78 is 26.8. The van der Waals surface area contributed by atoms with E-state index in [1.165, 1.54) is 18.7 Å². The number of anilines is 2. The summed E-state index contributed by atoms with van der Waals surface area (Å²) in [5, 5.41) is 4.56. The van der Waals surface area contributed by atoms with Crippen molar-refractivity contribution >= 4 is 35.0 Å². The monoisotopic (exact) mass is 288 g/mol. The summed E-state index contributed by atoms with van der Waals surface area (Å²) in [5.41, 5.74) is -0.328. The van der Waals surface area contributed by atoms with Crippen LogP contribution in [0.1, 0.15) is 13.3 Å². The molecule has 4 nitrogen and oxygen atoms in total. The van der Waals surface area contributed by atoms with Gasteiger partial charge in [-0.3, -0.25) is 9.59 Å². The van der Waals surface area contributed by atoms with Crippen molar-refractivity contribution in [1.29, 1.82) is 0 Å². The summed E-state index contributed by atoms with van der Waals surface area (Å²) in [6, 6.07) is 1.68. The lowest BCUT2D eigenvalue weighted by atomic mass is 10.2. The molecule has 0 aromatic heterocycles. The molecule has 19 heavy (non-hydrogen) atoms. The van der Waals surface area contributed by atoms with Crippen LogP contribution in [0.3, 0.4) is 0 Å². The Morgan fingerprint density at radius 1 is 1.16 bits per heavy atom. The minimum absolute atomic E-state index is 0.156. The Morgan fingerprint density at radius 2 is 1.74 bits per heavy atom. The Kier molecular flexibility index (Phi) is 5.75. The van der Waals surface area contributed by atoms with E-state index in [9.17, 15) is 18.4 Å². The van der Waals surface area contributed by atoms with Gasteiger partial charge in [0, 0.05) is 25.2 Å². The Balaban J connectivity index is 2.88. The van der Waals surface area contributed by atoms with Crippen LogP contribution >= 0.6 is 11.8 Å². The average Bonchev–Trinajstić information content (AvgIpc) is 2.32. The zero-order chi connectivity index (χ0) is 14.4. The molecular formula is C12H14F2N2O2S. The molecule has 0 heterocycles. The van der Waals surface area contributed by atoms with Crippen LogP contribution in [0.25, 0.3) is 0 Å². The van der Waals surface area contributed by atoms with Crippen molar-refractivity contribution in [2.45, 2.75) is 13.3 Å². The minimum Gasteiger partial charge on any atom is -0.324 e. The van der Waals surface area contributed by atoms with Crippen molar-refractivity contribution in [3.8, 4) is 0 Å². The highest BCUT2D eigenvalue weighted by Gasteiger charge is 2.13. The van der Waals surface area contributed by atoms with E-state index in [2.05, 4.69) is 10.6 Å². The first-order chi connectivity index (χ1) is 8.93. The molecule has 0 spiro atoms. The summed E-state index contributed by atoms with van der Waals surface area (Å²) in [6.45, 7) is 1.21. The molecule has 1 aromatic carbocycles. The number of carbonyl (C=O) groups excluding carboxylic acids is 2. The fourth-order valence-corrected chi connectivity index (χ4v) is 1.73. The predicted octanol–water partition coefficient (Wildman–Crippen LogP) is 2.61. The molecule has 0 aliphatic carbocycles. The molecule has 0 saturated heterocycles. The third-order valence-electron chi connectivity index (χ3n) is 2.17. The first kappa shape index (κ1) is 15.4. The lowest BCUT2D eigenvalue weighted by Crippen LogP contribution is -2.15. The number of rotatable bonds is 5. The van der Waals surface area contributed by atoms with Gasteiger partial charge in [-0.15, -0.1) is 0 Å². The number of hydrogen-bond donors (Lipinski definition) is 2. The Morgan fingerprint density at radius 3 is 2.26 bits per heavy atom. The summed E-state index contributed by atoms with van der Waals surface area (Å²) in [6.07, 6.45) is 2.08. The molecule has 7 heteroatoms. The first-order valence-corrected chi connectivity index (χ1v) is 6.89. The first-order valence-electron chi connectivity index (χ1n) is 5.49. The van der Waals surface area contributed by atoms with Crippen LogP contribution in [0.5, 0.6) is 0 Å². The fourth-order valence-electron chi connectivity index (χ4n) is 1.34. The van der Waals surface area contributed by atoms with E-state index >= 15 is 0 Å². The smallest absolute Gasteiger partial charge is 0.225 e. The molecule has 0 aliphatic heterocycles. The molecule has 0 aliphatic rings. The van der Waals surface area contributed by atoms with Gasteiger partial charge in [-0.1, -0.05) is 0 Å². The van der Waals surface area contributed by atoms with E-state index in [4.69, 9.17) is 0 Å². The van der Waals surface area contributed by atoms with Crippen molar-refractivity contribution in [1.82, 2.24) is 0 Å². The maximum Gasteiger partial charge on any atom is 0.225 e. The second-order valence-electron chi connectivity index (χ2n) is 3.78. The summed E-state index contributed by atoms with van der Waals surface area (Å²) in [7, 11) is 0. The average molecular weight is 288 g/mol. The van der Waals surface area contributed by atoms with Crippen LogP contribution < -0.4 is 10.6 Å². The molecule has 0 bridgehead atoms. The van der Waals surface area contributed by atoms with Gasteiger partial charge in [0.05, 0.1) is 11.4 Å². The number of benzene rings is 1. The summed E-state index contributed by atoms with van der Waals surface area (Å²) >= 11 is 1.49. The van der Waals surface area contributed by atoms with Gasteiger partial charge in [-0.05, 0) is 12.3 Å². The lowest BCUT2D eigenvalue weighted by Gasteiger charge is -2.10. The molecule has 1 rings (SSSR count). The minimum atomic E-state index is -0.894. The van der Waals surface area contributed by atoms with Gasteiger partial charge >= 0.3 is 0 Å². The molecule has 0 fully saturated rings. The number of halogens is 2. The maximum absolute atomic E-state index is 13.5. The van der Waals surface area contributed by atoms with E-state index in [1.54, 1.807) is 0 Å². The van der Waals surface area contributed by atoms with Gasteiger partial charge in [0.15, 0.2) is 0 Å². The molecule has 1 aromatic rings. The second kappa shape index (κ2) is 7.08. The van der Waals surface area contributed by atoms with Crippen LogP contribution in [-0.2, 0) is 9.59 Å². The van der Waals surface area contributed by atoms with E-state index < -0.39 is 17.5 Å². The van der Waals surface area contributed by atoms with Gasteiger partial charge in [0.25, 0.3) is 0 Å². The fraction of sp³-hybridized carbons (Fsp3) is 0.333. The SMILES string of the molecule is CSCCC(=O)Nc1cc(NC(C)=O)c(F)cc1F. The zero-order valence-corrected chi connectivity index (χ0v) is 11.4. The summed E-state index contributed by atoms with van der Waals surface area (Å²) in [4.78, 5) is 22.3. The van der Waals surface area contributed by atoms with Crippen molar-refractivity contribution in [3.05, 3.63) is 23.8 Å². The Bertz CT molecular complexity index is 495. The zero-order valence-electron chi connectivity index (χ0n) is 10.5. The van der Waals surface area contributed by atoms with Crippen LogP contribution in [-0.4, -0.2) is 23.8 Å². The molecule has 0 radical (unpaired) electrons. The Hall–Kier alpha value is -1.63. The summed E-state index contributed by atoms with van der Waals surface area (Å²) in [5.74, 6) is -2.02. The van der Waals surface area contributed by atoms with Crippen molar-refractivity contribution in [2.75, 3.05) is 22.6 Å².